The van der Waals surface area contributed by atoms with Gasteiger partial charge in [0.15, 0.2) is 0 Å². The third kappa shape index (κ3) is 4.35. The van der Waals surface area contributed by atoms with Crippen LogP contribution in [0.5, 0.6) is 5.75 Å². The first-order valence-electron chi connectivity index (χ1n) is 9.52. The molecule has 1 aliphatic rings. The van der Waals surface area contributed by atoms with Gasteiger partial charge in [-0.3, -0.25) is 4.68 Å². The first-order chi connectivity index (χ1) is 13.0. The Labute approximate surface area is 160 Å². The number of nitrogens with one attached hydrogen (secondary N) is 1. The number of piperazine rings is 1. The molecule has 1 N–H and O–H groups in total. The zero-order valence-corrected chi connectivity index (χ0v) is 16.6. The molecule has 146 valence electrons. The number of aryl methyl sites for hydroxylation is 2. The predicted octanol–water partition coefficient (Wildman–Crippen LogP) is 2.72. The summed E-state index contributed by atoms with van der Waals surface area (Å²) in [5, 5.41) is 7.45. The third-order valence-electron chi connectivity index (χ3n) is 4.93. The summed E-state index contributed by atoms with van der Waals surface area (Å²) in [6.45, 7) is 9.55. The second kappa shape index (κ2) is 8.33. The molecule has 1 aromatic heterocycles. The lowest BCUT2D eigenvalue weighted by molar-refractivity contribution is 0.191. The van der Waals surface area contributed by atoms with E-state index >= 15 is 0 Å². The van der Waals surface area contributed by atoms with E-state index < -0.39 is 0 Å². The fraction of sp³-hybridized carbons (Fsp3) is 0.500. The summed E-state index contributed by atoms with van der Waals surface area (Å²) < 4.78 is 7.52. The van der Waals surface area contributed by atoms with Crippen molar-refractivity contribution in [1.82, 2.24) is 20.0 Å². The summed E-state index contributed by atoms with van der Waals surface area (Å²) in [6.07, 6.45) is 1.96. The van der Waals surface area contributed by atoms with Crippen molar-refractivity contribution >= 4 is 11.7 Å². The van der Waals surface area contributed by atoms with Crippen molar-refractivity contribution in [2.24, 2.45) is 7.05 Å². The number of carbonyl (C=O) groups excluding carboxylic acids is 1. The summed E-state index contributed by atoms with van der Waals surface area (Å²) in [5.74, 6) is 0.901. The number of anilines is 1. The normalized spacial score (nSPS) is 15.6. The Morgan fingerprint density at radius 2 is 1.96 bits per heavy atom. The van der Waals surface area contributed by atoms with Gasteiger partial charge in [0, 0.05) is 45.0 Å². The number of rotatable bonds is 5. The van der Waals surface area contributed by atoms with E-state index in [-0.39, 0.29) is 12.1 Å². The molecule has 2 amide bonds. The zero-order valence-electron chi connectivity index (χ0n) is 16.6. The van der Waals surface area contributed by atoms with Crippen LogP contribution in [0.15, 0.2) is 30.5 Å². The van der Waals surface area contributed by atoms with Gasteiger partial charge < -0.3 is 19.9 Å². The number of benzene rings is 1. The standard InChI is InChI=1S/C20H29N5O2/c1-5-27-19-9-7-6-8-18(19)24-10-12-25(13-11-24)20(26)21-15(2)17-14-23(4)22-16(17)3/h6-9,14-15H,5,10-13H2,1-4H3,(H,21,26). The van der Waals surface area contributed by atoms with Crippen LogP contribution >= 0.6 is 0 Å². The first kappa shape index (κ1) is 19.1. The van der Waals surface area contributed by atoms with Crippen molar-refractivity contribution in [3.8, 4) is 5.75 Å². The lowest BCUT2D eigenvalue weighted by Gasteiger charge is -2.37. The smallest absolute Gasteiger partial charge is 0.317 e. The Bertz CT molecular complexity index is 780. The molecule has 1 aromatic carbocycles. The number of nitrogens with zero attached hydrogens (tertiary/aromatic N) is 4. The van der Waals surface area contributed by atoms with E-state index in [1.165, 1.54) is 0 Å². The molecule has 1 atom stereocenters. The molecule has 0 spiro atoms. The van der Waals surface area contributed by atoms with Crippen LogP contribution in [0, 0.1) is 6.92 Å². The molecule has 2 aromatic rings. The average Bonchev–Trinajstić information content (AvgIpc) is 3.01. The van der Waals surface area contributed by atoms with Crippen LogP contribution in [0.4, 0.5) is 10.5 Å². The lowest BCUT2D eigenvalue weighted by Crippen LogP contribution is -2.52. The number of ether oxygens (including phenoxy) is 1. The van der Waals surface area contributed by atoms with Crippen LogP contribution in [-0.4, -0.2) is 53.5 Å². The van der Waals surface area contributed by atoms with Crippen LogP contribution in [0.25, 0.3) is 0 Å². The maximum absolute atomic E-state index is 12.7. The van der Waals surface area contributed by atoms with Crippen LogP contribution in [-0.2, 0) is 7.05 Å². The predicted molar refractivity (Wildman–Crippen MR) is 106 cm³/mol. The largest absolute Gasteiger partial charge is 0.492 e. The van der Waals surface area contributed by atoms with Crippen molar-refractivity contribution in [3.63, 3.8) is 0 Å². The minimum absolute atomic E-state index is 0.0245. The minimum Gasteiger partial charge on any atom is -0.492 e. The van der Waals surface area contributed by atoms with E-state index in [1.807, 2.05) is 57.1 Å². The SMILES string of the molecule is CCOc1ccccc1N1CCN(C(=O)NC(C)c2cn(C)nc2C)CC1. The minimum atomic E-state index is -0.0668. The number of urea groups is 1. The van der Waals surface area contributed by atoms with E-state index in [1.54, 1.807) is 4.68 Å². The van der Waals surface area contributed by atoms with Gasteiger partial charge in [-0.05, 0) is 32.9 Å². The van der Waals surface area contributed by atoms with Crippen molar-refractivity contribution in [2.45, 2.75) is 26.8 Å². The van der Waals surface area contributed by atoms with Gasteiger partial charge in [0.05, 0.1) is 24.0 Å². The van der Waals surface area contributed by atoms with E-state index in [4.69, 9.17) is 4.74 Å². The molecule has 27 heavy (non-hydrogen) atoms. The molecule has 7 nitrogen and oxygen atoms in total. The monoisotopic (exact) mass is 371 g/mol. The molecule has 1 unspecified atom stereocenters. The molecule has 1 saturated heterocycles. The Balaban J connectivity index is 1.57. The molecule has 0 aliphatic carbocycles. The maximum atomic E-state index is 12.7. The topological polar surface area (TPSA) is 62.6 Å². The zero-order chi connectivity index (χ0) is 19.4. The number of aromatic nitrogens is 2. The highest BCUT2D eigenvalue weighted by Gasteiger charge is 2.24. The van der Waals surface area contributed by atoms with E-state index in [2.05, 4.69) is 21.4 Å². The van der Waals surface area contributed by atoms with Crippen molar-refractivity contribution in [3.05, 3.63) is 41.7 Å². The summed E-state index contributed by atoms with van der Waals surface area (Å²) in [6, 6.07) is 7.99. The fourth-order valence-electron chi connectivity index (χ4n) is 3.54. The van der Waals surface area contributed by atoms with Crippen molar-refractivity contribution in [2.75, 3.05) is 37.7 Å². The molecule has 3 rings (SSSR count). The molecular weight excluding hydrogens is 342 g/mol. The van der Waals surface area contributed by atoms with Crippen molar-refractivity contribution in [1.29, 1.82) is 0 Å². The fourth-order valence-corrected chi connectivity index (χ4v) is 3.54. The van der Waals surface area contributed by atoms with Gasteiger partial charge in [-0.15, -0.1) is 0 Å². The third-order valence-corrected chi connectivity index (χ3v) is 4.93. The van der Waals surface area contributed by atoms with Crippen LogP contribution in [0.2, 0.25) is 0 Å². The van der Waals surface area contributed by atoms with Crippen LogP contribution in [0.3, 0.4) is 0 Å². The van der Waals surface area contributed by atoms with E-state index in [0.29, 0.717) is 19.7 Å². The first-order valence-corrected chi connectivity index (χ1v) is 9.52. The highest BCUT2D eigenvalue weighted by molar-refractivity contribution is 5.75. The Morgan fingerprint density at radius 1 is 1.26 bits per heavy atom. The van der Waals surface area contributed by atoms with Gasteiger partial charge in [0.1, 0.15) is 5.75 Å². The highest BCUT2D eigenvalue weighted by Crippen LogP contribution is 2.28. The van der Waals surface area contributed by atoms with Gasteiger partial charge >= 0.3 is 6.03 Å². The molecule has 0 saturated carbocycles. The number of hydrogen-bond donors (Lipinski definition) is 1. The second-order valence-corrected chi connectivity index (χ2v) is 6.89. The number of para-hydroxylation sites is 2. The average molecular weight is 371 g/mol. The molecule has 1 aliphatic heterocycles. The highest BCUT2D eigenvalue weighted by atomic mass is 16.5. The molecular formula is C20H29N5O2. The Kier molecular flexibility index (Phi) is 5.88. The molecule has 1 fully saturated rings. The summed E-state index contributed by atoms with van der Waals surface area (Å²) in [4.78, 5) is 16.8. The summed E-state index contributed by atoms with van der Waals surface area (Å²) in [5.41, 5.74) is 3.09. The maximum Gasteiger partial charge on any atom is 0.317 e. The number of carbonyl (C=O) groups is 1. The summed E-state index contributed by atoms with van der Waals surface area (Å²) >= 11 is 0. The van der Waals surface area contributed by atoms with Crippen molar-refractivity contribution < 1.29 is 9.53 Å². The molecule has 7 heteroatoms. The van der Waals surface area contributed by atoms with Crippen LogP contribution in [0.1, 0.15) is 31.1 Å². The van der Waals surface area contributed by atoms with Crippen LogP contribution < -0.4 is 15.0 Å². The van der Waals surface area contributed by atoms with Gasteiger partial charge in [-0.1, -0.05) is 12.1 Å². The second-order valence-electron chi connectivity index (χ2n) is 6.89. The molecule has 0 bridgehead atoms. The summed E-state index contributed by atoms with van der Waals surface area (Å²) in [7, 11) is 1.89. The molecule has 0 radical (unpaired) electrons. The lowest BCUT2D eigenvalue weighted by atomic mass is 10.1. The van der Waals surface area contributed by atoms with Gasteiger partial charge in [0.25, 0.3) is 0 Å². The molecule has 2 heterocycles. The number of hydrogen-bond acceptors (Lipinski definition) is 4. The Hall–Kier alpha value is -2.70. The van der Waals surface area contributed by atoms with E-state index in [9.17, 15) is 4.79 Å². The Morgan fingerprint density at radius 3 is 2.59 bits per heavy atom. The van der Waals surface area contributed by atoms with E-state index in [0.717, 1.165) is 35.8 Å². The quantitative estimate of drug-likeness (QED) is 0.878. The van der Waals surface area contributed by atoms with Gasteiger partial charge in [0.2, 0.25) is 0 Å². The number of amides is 2. The van der Waals surface area contributed by atoms with Gasteiger partial charge in [-0.25, -0.2) is 4.79 Å². The van der Waals surface area contributed by atoms with Gasteiger partial charge in [-0.2, -0.15) is 5.10 Å².